The van der Waals surface area contributed by atoms with Gasteiger partial charge in [-0.2, -0.15) is 0 Å². The van der Waals surface area contributed by atoms with E-state index < -0.39 is 6.10 Å². The van der Waals surface area contributed by atoms with Crippen LogP contribution in [0.3, 0.4) is 0 Å². The first-order valence-corrected chi connectivity index (χ1v) is 4.22. The van der Waals surface area contributed by atoms with E-state index in [1.165, 1.54) is 0 Å². The molecular weight excluding hydrogens is 156 g/mol. The van der Waals surface area contributed by atoms with Gasteiger partial charge in [0.2, 0.25) is 5.91 Å². The number of aliphatic hydroxyl groups excluding tert-OH is 1. The highest BCUT2D eigenvalue weighted by molar-refractivity contribution is 5.75. The molecule has 0 rings (SSSR count). The minimum Gasteiger partial charge on any atom is -0.392 e. The molecule has 1 amide bonds. The van der Waals surface area contributed by atoms with Gasteiger partial charge in [-0.15, -0.1) is 0 Å². The van der Waals surface area contributed by atoms with Gasteiger partial charge in [-0.25, -0.2) is 5.43 Å². The van der Waals surface area contributed by atoms with Crippen LogP contribution in [0.2, 0.25) is 0 Å². The summed E-state index contributed by atoms with van der Waals surface area (Å²) in [6.45, 7) is 5.99. The fourth-order valence-electron chi connectivity index (χ4n) is 0.719. The summed E-state index contributed by atoms with van der Waals surface area (Å²) < 4.78 is 0. The maximum Gasteiger partial charge on any atom is 0.234 e. The van der Waals surface area contributed by atoms with Crippen molar-refractivity contribution in [1.29, 1.82) is 0 Å². The van der Waals surface area contributed by atoms with E-state index in [1.54, 1.807) is 6.92 Å². The Morgan fingerprint density at radius 2 is 2.00 bits per heavy atom. The quantitative estimate of drug-likeness (QED) is 0.515. The maximum absolute atomic E-state index is 11.0. The van der Waals surface area contributed by atoms with Crippen molar-refractivity contribution in [3.63, 3.8) is 0 Å². The largest absolute Gasteiger partial charge is 0.392 e. The third-order valence-corrected chi connectivity index (χ3v) is 1.22. The van der Waals surface area contributed by atoms with Crippen LogP contribution in [0.25, 0.3) is 0 Å². The van der Waals surface area contributed by atoms with Crippen molar-refractivity contribution in [2.75, 3.05) is 6.54 Å². The van der Waals surface area contributed by atoms with Crippen LogP contribution in [0, 0.1) is 5.92 Å². The first-order chi connectivity index (χ1) is 5.52. The van der Waals surface area contributed by atoms with Gasteiger partial charge in [0.1, 0.15) is 0 Å². The molecule has 0 aromatic rings. The van der Waals surface area contributed by atoms with Crippen molar-refractivity contribution in [3.8, 4) is 0 Å². The molecule has 0 spiro atoms. The average molecular weight is 174 g/mol. The number of hydrazine groups is 1. The Hall–Kier alpha value is -0.610. The molecule has 72 valence electrons. The van der Waals surface area contributed by atoms with Crippen LogP contribution >= 0.6 is 0 Å². The van der Waals surface area contributed by atoms with Gasteiger partial charge in [0.25, 0.3) is 0 Å². The van der Waals surface area contributed by atoms with Crippen molar-refractivity contribution >= 4 is 5.91 Å². The minimum atomic E-state index is -0.440. The van der Waals surface area contributed by atoms with Crippen molar-refractivity contribution in [1.82, 2.24) is 10.9 Å². The van der Waals surface area contributed by atoms with Crippen molar-refractivity contribution in [2.24, 2.45) is 5.92 Å². The summed E-state index contributed by atoms with van der Waals surface area (Å²) in [5, 5.41) is 8.83. The molecule has 0 fully saturated rings. The molecule has 4 heteroatoms. The second-order valence-electron chi connectivity index (χ2n) is 3.38. The molecule has 12 heavy (non-hydrogen) atoms. The molecule has 0 heterocycles. The molecule has 3 N–H and O–H groups in total. The van der Waals surface area contributed by atoms with Crippen LogP contribution in [0.1, 0.15) is 27.2 Å². The molecule has 1 atom stereocenters. The first kappa shape index (κ1) is 11.4. The molecule has 0 aliphatic rings. The van der Waals surface area contributed by atoms with E-state index in [-0.39, 0.29) is 5.91 Å². The molecule has 0 aliphatic heterocycles. The molecule has 0 saturated heterocycles. The number of carbonyl (C=O) groups is 1. The smallest absolute Gasteiger partial charge is 0.234 e. The van der Waals surface area contributed by atoms with E-state index in [4.69, 9.17) is 5.11 Å². The van der Waals surface area contributed by atoms with Crippen LogP contribution in [0.4, 0.5) is 0 Å². The molecule has 0 unspecified atom stereocenters. The maximum atomic E-state index is 11.0. The summed E-state index contributed by atoms with van der Waals surface area (Å²) >= 11 is 0. The van der Waals surface area contributed by atoms with Gasteiger partial charge in [-0.1, -0.05) is 13.8 Å². The van der Waals surface area contributed by atoms with Gasteiger partial charge in [0, 0.05) is 13.0 Å². The second-order valence-corrected chi connectivity index (χ2v) is 3.38. The Balaban J connectivity index is 3.32. The van der Waals surface area contributed by atoms with Crippen LogP contribution < -0.4 is 10.9 Å². The molecule has 0 bridgehead atoms. The monoisotopic (exact) mass is 174 g/mol. The molecule has 0 saturated carbocycles. The Labute approximate surface area is 73.3 Å². The fourth-order valence-corrected chi connectivity index (χ4v) is 0.719. The van der Waals surface area contributed by atoms with Gasteiger partial charge < -0.3 is 5.11 Å². The third kappa shape index (κ3) is 7.50. The molecular formula is C8H18N2O2. The molecule has 0 aromatic heterocycles. The Bertz CT molecular complexity index is 135. The predicted molar refractivity (Wildman–Crippen MR) is 47.3 cm³/mol. The van der Waals surface area contributed by atoms with Crippen LogP contribution in [-0.4, -0.2) is 23.7 Å². The average Bonchev–Trinajstić information content (AvgIpc) is 1.84. The van der Waals surface area contributed by atoms with Gasteiger partial charge in [-0.3, -0.25) is 10.2 Å². The number of carbonyl (C=O) groups excluding carboxylic acids is 1. The summed E-state index contributed by atoms with van der Waals surface area (Å²) in [5.41, 5.74) is 5.14. The van der Waals surface area contributed by atoms with Gasteiger partial charge in [0.05, 0.1) is 6.10 Å². The lowest BCUT2D eigenvalue weighted by Crippen LogP contribution is -2.41. The van der Waals surface area contributed by atoms with E-state index in [0.29, 0.717) is 18.9 Å². The van der Waals surface area contributed by atoms with Crippen molar-refractivity contribution in [3.05, 3.63) is 0 Å². The van der Waals surface area contributed by atoms with Gasteiger partial charge in [0.15, 0.2) is 0 Å². The van der Waals surface area contributed by atoms with E-state index in [0.717, 1.165) is 0 Å². The zero-order valence-corrected chi connectivity index (χ0v) is 7.92. The first-order valence-electron chi connectivity index (χ1n) is 4.22. The van der Waals surface area contributed by atoms with E-state index in [9.17, 15) is 4.79 Å². The predicted octanol–water partition coefficient (Wildman–Crippen LogP) is 0.0341. The normalized spacial score (nSPS) is 13.1. The Morgan fingerprint density at radius 1 is 1.42 bits per heavy atom. The fraction of sp³-hybridized carbons (Fsp3) is 0.875. The van der Waals surface area contributed by atoms with Gasteiger partial charge >= 0.3 is 0 Å². The van der Waals surface area contributed by atoms with Crippen molar-refractivity contribution in [2.45, 2.75) is 33.3 Å². The van der Waals surface area contributed by atoms with Gasteiger partial charge in [-0.05, 0) is 12.8 Å². The highest BCUT2D eigenvalue weighted by atomic mass is 16.3. The topological polar surface area (TPSA) is 61.4 Å². The summed E-state index contributed by atoms with van der Waals surface area (Å²) in [6.07, 6.45) is 0.0663. The van der Waals surface area contributed by atoms with Crippen LogP contribution in [-0.2, 0) is 4.79 Å². The molecule has 0 aromatic carbocycles. The minimum absolute atomic E-state index is 0.0364. The highest BCUT2D eigenvalue weighted by Crippen LogP contribution is 1.96. The Kier molecular flexibility index (Phi) is 5.66. The number of hydrogen-bond donors (Lipinski definition) is 3. The number of rotatable bonds is 5. The second kappa shape index (κ2) is 5.97. The molecule has 0 aliphatic carbocycles. The third-order valence-electron chi connectivity index (χ3n) is 1.22. The van der Waals surface area contributed by atoms with Crippen molar-refractivity contribution < 1.29 is 9.90 Å². The standard InChI is InChI=1S/C8H18N2O2/c1-6(2)4-8(12)10-9-5-7(3)11/h6-7,9,11H,4-5H2,1-3H3,(H,10,12)/t7-/m1/s1. The molecule has 0 radical (unpaired) electrons. The van der Waals surface area contributed by atoms with E-state index >= 15 is 0 Å². The lowest BCUT2D eigenvalue weighted by Gasteiger charge is -2.09. The van der Waals surface area contributed by atoms with Crippen LogP contribution in [0.15, 0.2) is 0 Å². The SMILES string of the molecule is CC(C)CC(=O)NNC[C@@H](C)O. The summed E-state index contributed by atoms with van der Waals surface area (Å²) in [5.74, 6) is 0.323. The number of hydrogen-bond acceptors (Lipinski definition) is 3. The lowest BCUT2D eigenvalue weighted by molar-refractivity contribution is -0.122. The van der Waals surface area contributed by atoms with E-state index in [1.807, 2.05) is 13.8 Å². The number of nitrogens with one attached hydrogen (secondary N) is 2. The van der Waals surface area contributed by atoms with Crippen LogP contribution in [0.5, 0.6) is 0 Å². The zero-order chi connectivity index (χ0) is 9.56. The lowest BCUT2D eigenvalue weighted by atomic mass is 10.1. The summed E-state index contributed by atoms with van der Waals surface area (Å²) in [6, 6.07) is 0. The summed E-state index contributed by atoms with van der Waals surface area (Å²) in [4.78, 5) is 11.0. The molecule has 4 nitrogen and oxygen atoms in total. The highest BCUT2D eigenvalue weighted by Gasteiger charge is 2.03. The number of amides is 1. The zero-order valence-electron chi connectivity index (χ0n) is 7.92. The number of aliphatic hydroxyl groups is 1. The Morgan fingerprint density at radius 3 is 2.42 bits per heavy atom. The summed E-state index contributed by atoms with van der Waals surface area (Å²) in [7, 11) is 0. The van der Waals surface area contributed by atoms with E-state index in [2.05, 4.69) is 10.9 Å².